The van der Waals surface area contributed by atoms with Gasteiger partial charge in [-0.2, -0.15) is 5.26 Å². The van der Waals surface area contributed by atoms with Gasteiger partial charge in [-0.1, -0.05) is 50.5 Å². The molecule has 4 unspecified atom stereocenters. The number of hydrogen-bond donors (Lipinski definition) is 2. The lowest BCUT2D eigenvalue weighted by Gasteiger charge is -2.16. The van der Waals surface area contributed by atoms with Crippen LogP contribution in [-0.4, -0.2) is 28.1 Å². The van der Waals surface area contributed by atoms with E-state index in [-0.39, 0.29) is 36.4 Å². The first kappa shape index (κ1) is 22.1. The fourth-order valence-corrected chi connectivity index (χ4v) is 3.38. The van der Waals surface area contributed by atoms with E-state index in [4.69, 9.17) is 5.11 Å². The summed E-state index contributed by atoms with van der Waals surface area (Å²) in [5.41, 5.74) is 0. The van der Waals surface area contributed by atoms with E-state index in [9.17, 15) is 20.0 Å². The van der Waals surface area contributed by atoms with E-state index in [1.165, 1.54) is 0 Å². The van der Waals surface area contributed by atoms with E-state index >= 15 is 0 Å². The third kappa shape index (κ3) is 7.97. The monoisotopic (exact) mass is 361 g/mol. The number of unbranched alkanes of at least 4 members (excludes halogenated alkanes) is 3. The summed E-state index contributed by atoms with van der Waals surface area (Å²) in [6.45, 7) is 2.11. The van der Waals surface area contributed by atoms with Gasteiger partial charge < -0.3 is 10.2 Å². The molecule has 1 fully saturated rings. The molecule has 0 heterocycles. The number of aliphatic hydroxyl groups is 1. The standard InChI is InChI=1S/C21H31NO4/c1-2-3-6-9-17(23)12-13-18-16(15-22)14-20(24)19(18)10-7-4-5-8-11-21(25)26/h4,7,12-13,16-19,23H,2-3,5-6,8-11,14H2,1H3,(H,25,26)/b7-4+,13-12+. The number of aliphatic carboxylic acids is 1. The lowest BCUT2D eigenvalue weighted by molar-refractivity contribution is -0.137. The molecule has 1 aliphatic rings. The van der Waals surface area contributed by atoms with Crippen molar-refractivity contribution in [3.8, 4) is 6.07 Å². The second-order valence-corrected chi connectivity index (χ2v) is 7.03. The summed E-state index contributed by atoms with van der Waals surface area (Å²) in [6, 6.07) is 2.23. The van der Waals surface area contributed by atoms with Crippen LogP contribution in [0.5, 0.6) is 0 Å². The van der Waals surface area contributed by atoms with Gasteiger partial charge in [-0.25, -0.2) is 0 Å². The van der Waals surface area contributed by atoms with Crippen molar-refractivity contribution in [3.05, 3.63) is 24.3 Å². The van der Waals surface area contributed by atoms with Gasteiger partial charge >= 0.3 is 5.97 Å². The number of nitriles is 1. The Hall–Kier alpha value is -1.93. The minimum atomic E-state index is -0.802. The van der Waals surface area contributed by atoms with Gasteiger partial charge in [0.15, 0.2) is 0 Å². The molecule has 1 saturated carbocycles. The van der Waals surface area contributed by atoms with Gasteiger partial charge in [0.05, 0.1) is 18.1 Å². The molecule has 0 saturated heterocycles. The summed E-state index contributed by atoms with van der Waals surface area (Å²) in [5.74, 6) is -1.41. The Labute approximate surface area is 156 Å². The van der Waals surface area contributed by atoms with Crippen LogP contribution >= 0.6 is 0 Å². The minimum absolute atomic E-state index is 0.0989. The topological polar surface area (TPSA) is 98.4 Å². The molecule has 144 valence electrons. The lowest BCUT2D eigenvalue weighted by Crippen LogP contribution is -2.15. The molecule has 0 aromatic rings. The molecular formula is C21H31NO4. The fourth-order valence-electron chi connectivity index (χ4n) is 3.38. The van der Waals surface area contributed by atoms with E-state index in [2.05, 4.69) is 13.0 Å². The molecule has 4 atom stereocenters. The average Bonchev–Trinajstić information content (AvgIpc) is 2.91. The van der Waals surface area contributed by atoms with Crippen molar-refractivity contribution >= 4 is 11.8 Å². The number of ketones is 1. The molecule has 0 bridgehead atoms. The molecule has 1 aliphatic carbocycles. The van der Waals surface area contributed by atoms with Gasteiger partial charge in [0.25, 0.3) is 0 Å². The maximum atomic E-state index is 12.3. The predicted octanol–water partition coefficient (Wildman–Crippen LogP) is 4.03. The lowest BCUT2D eigenvalue weighted by atomic mass is 9.86. The Bertz CT molecular complexity index is 547. The van der Waals surface area contributed by atoms with Crippen molar-refractivity contribution in [2.75, 3.05) is 0 Å². The van der Waals surface area contributed by atoms with Crippen LogP contribution in [0.3, 0.4) is 0 Å². The van der Waals surface area contributed by atoms with Gasteiger partial charge in [0.1, 0.15) is 5.78 Å². The molecule has 0 spiro atoms. The third-order valence-electron chi connectivity index (χ3n) is 4.91. The number of carboxylic acid groups (broad SMARTS) is 1. The second-order valence-electron chi connectivity index (χ2n) is 7.03. The number of carbonyl (C=O) groups excluding carboxylic acids is 1. The van der Waals surface area contributed by atoms with Crippen LogP contribution in [0, 0.1) is 29.1 Å². The van der Waals surface area contributed by atoms with E-state index < -0.39 is 12.1 Å². The van der Waals surface area contributed by atoms with Crippen LogP contribution in [-0.2, 0) is 9.59 Å². The normalized spacial score (nSPS) is 24.3. The second kappa shape index (κ2) is 12.4. The smallest absolute Gasteiger partial charge is 0.303 e. The Balaban J connectivity index is 2.58. The highest BCUT2D eigenvalue weighted by Crippen LogP contribution is 2.37. The highest BCUT2D eigenvalue weighted by atomic mass is 16.4. The summed E-state index contributed by atoms with van der Waals surface area (Å²) in [6.07, 6.45) is 13.0. The number of rotatable bonds is 12. The fraction of sp³-hybridized carbons (Fsp3) is 0.667. The van der Waals surface area contributed by atoms with Crippen molar-refractivity contribution in [1.82, 2.24) is 0 Å². The average molecular weight is 361 g/mol. The first-order valence-electron chi connectivity index (χ1n) is 9.65. The molecule has 0 aromatic carbocycles. The summed E-state index contributed by atoms with van der Waals surface area (Å²) in [7, 11) is 0. The Kier molecular flexibility index (Phi) is 10.6. The van der Waals surface area contributed by atoms with E-state index in [0.29, 0.717) is 25.7 Å². The molecule has 5 nitrogen and oxygen atoms in total. The van der Waals surface area contributed by atoms with Crippen LogP contribution < -0.4 is 0 Å². The minimum Gasteiger partial charge on any atom is -0.481 e. The van der Waals surface area contributed by atoms with Crippen LogP contribution in [0.2, 0.25) is 0 Å². The van der Waals surface area contributed by atoms with Gasteiger partial charge in [-0.3, -0.25) is 9.59 Å². The van der Waals surface area contributed by atoms with Crippen LogP contribution in [0.15, 0.2) is 24.3 Å². The van der Waals surface area contributed by atoms with Crippen LogP contribution in [0.25, 0.3) is 0 Å². The zero-order valence-electron chi connectivity index (χ0n) is 15.6. The van der Waals surface area contributed by atoms with Gasteiger partial charge in [0.2, 0.25) is 0 Å². The number of Topliss-reactive ketones (excluding diaryl/α,β-unsaturated/α-hetero) is 1. The van der Waals surface area contributed by atoms with Crippen molar-refractivity contribution in [2.24, 2.45) is 17.8 Å². The maximum absolute atomic E-state index is 12.3. The number of carbonyl (C=O) groups is 2. The number of aliphatic hydroxyl groups excluding tert-OH is 1. The van der Waals surface area contributed by atoms with Crippen molar-refractivity contribution < 1.29 is 19.8 Å². The largest absolute Gasteiger partial charge is 0.481 e. The predicted molar refractivity (Wildman–Crippen MR) is 100 cm³/mol. The van der Waals surface area contributed by atoms with E-state index in [1.807, 2.05) is 18.2 Å². The molecule has 26 heavy (non-hydrogen) atoms. The quantitative estimate of drug-likeness (QED) is 0.404. The number of allylic oxidation sites excluding steroid dienone is 3. The maximum Gasteiger partial charge on any atom is 0.303 e. The molecule has 0 aliphatic heterocycles. The van der Waals surface area contributed by atoms with E-state index in [1.54, 1.807) is 6.08 Å². The van der Waals surface area contributed by atoms with Crippen LogP contribution in [0.4, 0.5) is 0 Å². The van der Waals surface area contributed by atoms with Crippen LogP contribution in [0.1, 0.15) is 64.7 Å². The Morgan fingerprint density at radius 3 is 2.77 bits per heavy atom. The Morgan fingerprint density at radius 2 is 2.12 bits per heavy atom. The first-order chi connectivity index (χ1) is 12.5. The molecule has 0 amide bonds. The molecule has 0 radical (unpaired) electrons. The molecule has 1 rings (SSSR count). The highest BCUT2D eigenvalue weighted by Gasteiger charge is 2.40. The zero-order valence-corrected chi connectivity index (χ0v) is 15.6. The number of nitrogens with zero attached hydrogens (tertiary/aromatic N) is 1. The van der Waals surface area contributed by atoms with Crippen molar-refractivity contribution in [1.29, 1.82) is 5.26 Å². The molecule has 2 N–H and O–H groups in total. The first-order valence-corrected chi connectivity index (χ1v) is 9.65. The highest BCUT2D eigenvalue weighted by molar-refractivity contribution is 5.85. The molecule has 5 heteroatoms. The molecule has 0 aromatic heterocycles. The number of carboxylic acids is 1. The molecular weight excluding hydrogens is 330 g/mol. The van der Waals surface area contributed by atoms with Crippen molar-refractivity contribution in [2.45, 2.75) is 70.8 Å². The van der Waals surface area contributed by atoms with Gasteiger partial charge in [-0.15, -0.1) is 0 Å². The van der Waals surface area contributed by atoms with Gasteiger partial charge in [0, 0.05) is 24.7 Å². The summed E-state index contributed by atoms with van der Waals surface area (Å²) in [4.78, 5) is 22.7. The summed E-state index contributed by atoms with van der Waals surface area (Å²) >= 11 is 0. The van der Waals surface area contributed by atoms with Gasteiger partial charge in [-0.05, 0) is 25.7 Å². The van der Waals surface area contributed by atoms with E-state index in [0.717, 1.165) is 19.3 Å². The summed E-state index contributed by atoms with van der Waals surface area (Å²) in [5, 5.41) is 28.0. The Morgan fingerprint density at radius 1 is 1.35 bits per heavy atom. The third-order valence-corrected chi connectivity index (χ3v) is 4.91. The SMILES string of the molecule is CCCCCC(O)/C=C/C1C(C#N)CC(=O)C1C/C=C/CCCC(=O)O. The van der Waals surface area contributed by atoms with Crippen molar-refractivity contribution in [3.63, 3.8) is 0 Å². The number of hydrogen-bond acceptors (Lipinski definition) is 4. The summed E-state index contributed by atoms with van der Waals surface area (Å²) < 4.78 is 0. The zero-order chi connectivity index (χ0) is 19.4.